The number of nitrogens with one attached hydrogen (secondary N) is 1. The van der Waals surface area contributed by atoms with Crippen molar-refractivity contribution in [1.29, 1.82) is 0 Å². The van der Waals surface area contributed by atoms with Crippen molar-refractivity contribution >= 4 is 22.7 Å². The average molecular weight is 314 g/mol. The standard InChI is InChI=1S/C16H18N4O3/c21-14(17-9-15(22)19-7-3-4-8-19)10-20-11-18-13-6-2-1-5-12(13)16(20)23/h1-2,5-6,11H,3-4,7-10H2,(H,17,21). The van der Waals surface area contributed by atoms with Crippen molar-refractivity contribution in [3.63, 3.8) is 0 Å². The molecule has 120 valence electrons. The third-order valence-corrected chi connectivity index (χ3v) is 3.94. The van der Waals surface area contributed by atoms with Crippen LogP contribution < -0.4 is 10.9 Å². The predicted octanol–water partition coefficient (Wildman–Crippen LogP) is 0.135. The maximum absolute atomic E-state index is 12.3. The number of aromatic nitrogens is 2. The fourth-order valence-corrected chi connectivity index (χ4v) is 2.68. The van der Waals surface area contributed by atoms with Crippen LogP contribution in [0.2, 0.25) is 0 Å². The molecule has 0 atom stereocenters. The molecule has 0 unspecified atom stereocenters. The van der Waals surface area contributed by atoms with Crippen molar-refractivity contribution in [2.45, 2.75) is 19.4 Å². The number of hydrogen-bond acceptors (Lipinski definition) is 4. The topological polar surface area (TPSA) is 84.3 Å². The zero-order valence-electron chi connectivity index (χ0n) is 12.7. The molecule has 0 bridgehead atoms. The minimum Gasteiger partial charge on any atom is -0.345 e. The lowest BCUT2D eigenvalue weighted by Crippen LogP contribution is -2.40. The maximum atomic E-state index is 12.3. The average Bonchev–Trinajstić information content (AvgIpc) is 3.10. The van der Waals surface area contributed by atoms with Crippen LogP contribution in [0.25, 0.3) is 10.9 Å². The summed E-state index contributed by atoms with van der Waals surface area (Å²) in [4.78, 5) is 42.0. The van der Waals surface area contributed by atoms with Gasteiger partial charge in [-0.05, 0) is 25.0 Å². The second kappa shape index (κ2) is 6.60. The van der Waals surface area contributed by atoms with Crippen LogP contribution in [0.1, 0.15) is 12.8 Å². The van der Waals surface area contributed by atoms with Gasteiger partial charge in [0.1, 0.15) is 6.54 Å². The van der Waals surface area contributed by atoms with E-state index in [1.165, 1.54) is 10.9 Å². The SMILES string of the molecule is O=C(Cn1cnc2ccccc2c1=O)NCC(=O)N1CCCC1. The molecule has 2 heterocycles. The number of nitrogens with zero attached hydrogens (tertiary/aromatic N) is 3. The van der Waals surface area contributed by atoms with Crippen LogP contribution in [0.4, 0.5) is 0 Å². The number of carbonyl (C=O) groups excluding carboxylic acids is 2. The fourth-order valence-electron chi connectivity index (χ4n) is 2.68. The lowest BCUT2D eigenvalue weighted by molar-refractivity contribution is -0.132. The van der Waals surface area contributed by atoms with E-state index in [-0.39, 0.29) is 30.5 Å². The van der Waals surface area contributed by atoms with Gasteiger partial charge in [-0.15, -0.1) is 0 Å². The number of hydrogen-bond donors (Lipinski definition) is 1. The van der Waals surface area contributed by atoms with Crippen LogP contribution in [0.3, 0.4) is 0 Å². The summed E-state index contributed by atoms with van der Waals surface area (Å²) < 4.78 is 1.25. The van der Waals surface area contributed by atoms with E-state index in [2.05, 4.69) is 10.3 Å². The van der Waals surface area contributed by atoms with Crippen molar-refractivity contribution < 1.29 is 9.59 Å². The van der Waals surface area contributed by atoms with Crippen molar-refractivity contribution in [2.75, 3.05) is 19.6 Å². The molecule has 2 amide bonds. The van der Waals surface area contributed by atoms with E-state index in [1.807, 2.05) is 0 Å². The molecule has 2 aromatic rings. The first kappa shape index (κ1) is 15.2. The molecule has 0 radical (unpaired) electrons. The number of fused-ring (bicyclic) bond motifs is 1. The molecular weight excluding hydrogens is 296 g/mol. The highest BCUT2D eigenvalue weighted by Crippen LogP contribution is 2.07. The van der Waals surface area contributed by atoms with E-state index in [4.69, 9.17) is 0 Å². The summed E-state index contributed by atoms with van der Waals surface area (Å²) in [6.45, 7) is 1.32. The molecule has 1 aliphatic heterocycles. The van der Waals surface area contributed by atoms with Crippen molar-refractivity contribution in [3.05, 3.63) is 40.9 Å². The van der Waals surface area contributed by atoms with Gasteiger partial charge < -0.3 is 10.2 Å². The minimum absolute atomic E-state index is 0.0331. The van der Waals surface area contributed by atoms with E-state index in [0.717, 1.165) is 25.9 Å². The second-order valence-electron chi connectivity index (χ2n) is 5.56. The first-order chi connectivity index (χ1) is 11.1. The fraction of sp³-hybridized carbons (Fsp3) is 0.375. The number of rotatable bonds is 4. The molecule has 0 aliphatic carbocycles. The van der Waals surface area contributed by atoms with Gasteiger partial charge in [0.05, 0.1) is 23.8 Å². The Morgan fingerprint density at radius 1 is 1.17 bits per heavy atom. The lowest BCUT2D eigenvalue weighted by atomic mass is 10.2. The zero-order chi connectivity index (χ0) is 16.2. The zero-order valence-corrected chi connectivity index (χ0v) is 12.7. The Morgan fingerprint density at radius 2 is 1.91 bits per heavy atom. The summed E-state index contributed by atoms with van der Waals surface area (Å²) in [6, 6.07) is 6.98. The Hall–Kier alpha value is -2.70. The van der Waals surface area contributed by atoms with Gasteiger partial charge in [0.25, 0.3) is 5.56 Å². The van der Waals surface area contributed by atoms with Crippen LogP contribution >= 0.6 is 0 Å². The molecule has 1 N–H and O–H groups in total. The molecule has 1 aromatic heterocycles. The Bertz CT molecular complexity index is 793. The van der Waals surface area contributed by atoms with Gasteiger partial charge in [-0.1, -0.05) is 12.1 Å². The Morgan fingerprint density at radius 3 is 2.70 bits per heavy atom. The van der Waals surface area contributed by atoms with Gasteiger partial charge in [-0.2, -0.15) is 0 Å². The highest BCUT2D eigenvalue weighted by atomic mass is 16.2. The van der Waals surface area contributed by atoms with Crippen LogP contribution in [-0.4, -0.2) is 45.9 Å². The molecular formula is C16H18N4O3. The Balaban J connectivity index is 1.62. The van der Waals surface area contributed by atoms with Crippen LogP contribution in [-0.2, 0) is 16.1 Å². The second-order valence-corrected chi connectivity index (χ2v) is 5.56. The largest absolute Gasteiger partial charge is 0.345 e. The summed E-state index contributed by atoms with van der Waals surface area (Å²) in [6.07, 6.45) is 3.38. The number of likely N-dealkylation sites (tertiary alicyclic amines) is 1. The van der Waals surface area contributed by atoms with Crippen molar-refractivity contribution in [1.82, 2.24) is 19.8 Å². The molecule has 7 heteroatoms. The Kier molecular flexibility index (Phi) is 4.36. The molecule has 7 nitrogen and oxygen atoms in total. The summed E-state index contributed by atoms with van der Waals surface area (Å²) in [5, 5.41) is 3.03. The number of amides is 2. The molecule has 1 aromatic carbocycles. The van der Waals surface area contributed by atoms with Crippen LogP contribution in [0.5, 0.6) is 0 Å². The van der Waals surface area contributed by atoms with E-state index in [1.54, 1.807) is 29.2 Å². The summed E-state index contributed by atoms with van der Waals surface area (Å²) in [5.41, 5.74) is 0.329. The molecule has 23 heavy (non-hydrogen) atoms. The van der Waals surface area contributed by atoms with Gasteiger partial charge in [-0.3, -0.25) is 19.0 Å². The number of para-hydroxylation sites is 1. The molecule has 1 fully saturated rings. The molecule has 1 aliphatic rings. The van der Waals surface area contributed by atoms with Crippen molar-refractivity contribution in [3.8, 4) is 0 Å². The predicted molar refractivity (Wildman–Crippen MR) is 84.8 cm³/mol. The minimum atomic E-state index is -0.378. The van der Waals surface area contributed by atoms with Crippen molar-refractivity contribution in [2.24, 2.45) is 0 Å². The van der Waals surface area contributed by atoms with Gasteiger partial charge in [0.15, 0.2) is 0 Å². The monoisotopic (exact) mass is 314 g/mol. The molecule has 1 saturated heterocycles. The molecule has 0 saturated carbocycles. The Labute approximate surface area is 132 Å². The van der Waals surface area contributed by atoms with Gasteiger partial charge in [0, 0.05) is 13.1 Å². The third-order valence-electron chi connectivity index (χ3n) is 3.94. The maximum Gasteiger partial charge on any atom is 0.261 e. The summed E-state index contributed by atoms with van der Waals surface area (Å²) >= 11 is 0. The first-order valence-corrected chi connectivity index (χ1v) is 7.64. The van der Waals surface area contributed by atoms with Crippen LogP contribution in [0.15, 0.2) is 35.4 Å². The van der Waals surface area contributed by atoms with Gasteiger partial charge in [-0.25, -0.2) is 4.98 Å². The summed E-state index contributed by atoms with van der Waals surface area (Å²) in [7, 11) is 0. The number of carbonyl (C=O) groups is 2. The van der Waals surface area contributed by atoms with Gasteiger partial charge >= 0.3 is 0 Å². The molecule has 0 spiro atoms. The van der Waals surface area contributed by atoms with E-state index < -0.39 is 0 Å². The normalized spacial score (nSPS) is 14.2. The van der Waals surface area contributed by atoms with Gasteiger partial charge in [0.2, 0.25) is 11.8 Å². The summed E-state index contributed by atoms with van der Waals surface area (Å²) in [5.74, 6) is -0.462. The lowest BCUT2D eigenvalue weighted by Gasteiger charge is -2.15. The smallest absolute Gasteiger partial charge is 0.261 e. The van der Waals surface area contributed by atoms with E-state index in [0.29, 0.717) is 10.9 Å². The third kappa shape index (κ3) is 3.39. The quantitative estimate of drug-likeness (QED) is 0.870. The highest BCUT2D eigenvalue weighted by Gasteiger charge is 2.18. The molecule has 3 rings (SSSR count). The highest BCUT2D eigenvalue weighted by molar-refractivity contribution is 5.85. The van der Waals surface area contributed by atoms with E-state index >= 15 is 0 Å². The number of benzene rings is 1. The van der Waals surface area contributed by atoms with E-state index in [9.17, 15) is 14.4 Å². The van der Waals surface area contributed by atoms with Crippen LogP contribution in [0, 0.1) is 0 Å². The first-order valence-electron chi connectivity index (χ1n) is 7.64.